The zero-order valence-electron chi connectivity index (χ0n) is 15.8. The summed E-state index contributed by atoms with van der Waals surface area (Å²) in [6.07, 6.45) is 1.41. The van der Waals surface area contributed by atoms with Crippen molar-refractivity contribution in [1.29, 1.82) is 0 Å². The molecular formula is C20H14N4O6S. The fraction of sp³-hybridized carbons (Fsp3) is 0.0500. The van der Waals surface area contributed by atoms with Gasteiger partial charge in [0.15, 0.2) is 15.5 Å². The van der Waals surface area contributed by atoms with Gasteiger partial charge in [0.2, 0.25) is 5.65 Å². The molecule has 156 valence electrons. The van der Waals surface area contributed by atoms with Crippen LogP contribution < -0.4 is 0 Å². The predicted molar refractivity (Wildman–Crippen MR) is 111 cm³/mol. The van der Waals surface area contributed by atoms with Gasteiger partial charge in [-0.25, -0.2) is 13.4 Å². The number of nitro benzene ring substituents is 1. The summed E-state index contributed by atoms with van der Waals surface area (Å²) in [5, 5.41) is 22.8. The van der Waals surface area contributed by atoms with Crippen LogP contribution in [0, 0.1) is 20.2 Å². The van der Waals surface area contributed by atoms with Gasteiger partial charge in [-0.3, -0.25) is 10.1 Å². The molecule has 0 fully saturated rings. The molecule has 0 unspecified atom stereocenters. The number of aromatic nitrogens is 2. The summed E-state index contributed by atoms with van der Waals surface area (Å²) < 4.78 is 26.6. The van der Waals surface area contributed by atoms with Gasteiger partial charge in [0.05, 0.1) is 9.82 Å². The molecule has 4 aromatic rings. The number of rotatable bonds is 6. The van der Waals surface area contributed by atoms with Crippen LogP contribution in [0.1, 0.15) is 5.69 Å². The Kier molecular flexibility index (Phi) is 4.95. The second kappa shape index (κ2) is 7.61. The second-order valence-corrected chi connectivity index (χ2v) is 8.65. The van der Waals surface area contributed by atoms with Crippen molar-refractivity contribution in [2.75, 3.05) is 0 Å². The van der Waals surface area contributed by atoms with Crippen molar-refractivity contribution in [3.05, 3.63) is 98.8 Å². The highest BCUT2D eigenvalue weighted by Gasteiger charge is 2.28. The Labute approximate surface area is 175 Å². The number of nitrogens with zero attached hydrogens (tertiary/aromatic N) is 4. The van der Waals surface area contributed by atoms with E-state index in [0.29, 0.717) is 11.1 Å². The van der Waals surface area contributed by atoms with Gasteiger partial charge in [-0.15, -0.1) is 0 Å². The molecule has 0 spiro atoms. The molecular weight excluding hydrogens is 424 g/mol. The quantitative estimate of drug-likeness (QED) is 0.330. The van der Waals surface area contributed by atoms with Crippen LogP contribution in [-0.2, 0) is 15.6 Å². The molecule has 2 aromatic carbocycles. The third-order valence-corrected chi connectivity index (χ3v) is 6.30. The number of sulfone groups is 1. The molecule has 10 nitrogen and oxygen atoms in total. The first kappa shape index (κ1) is 20.2. The minimum absolute atomic E-state index is 0.0404. The SMILES string of the molecule is O=[N+]([O-])c1cccc(-c2ccc3nc(CS(=O)(=O)c4ccccc4)c([N+](=O)[O-])n3c2)c1. The molecule has 0 bridgehead atoms. The Morgan fingerprint density at radius 1 is 0.871 bits per heavy atom. The lowest BCUT2D eigenvalue weighted by Crippen LogP contribution is -2.07. The zero-order valence-corrected chi connectivity index (χ0v) is 16.6. The lowest BCUT2D eigenvalue weighted by atomic mass is 10.1. The molecule has 2 aromatic heterocycles. The summed E-state index contributed by atoms with van der Waals surface area (Å²) >= 11 is 0. The monoisotopic (exact) mass is 438 g/mol. The molecule has 0 atom stereocenters. The van der Waals surface area contributed by atoms with Crippen molar-refractivity contribution in [3.8, 4) is 11.1 Å². The van der Waals surface area contributed by atoms with Crippen LogP contribution in [0.3, 0.4) is 0 Å². The molecule has 0 aliphatic rings. The largest absolute Gasteiger partial charge is 0.358 e. The molecule has 4 rings (SSSR count). The Morgan fingerprint density at radius 3 is 2.29 bits per heavy atom. The number of imidazole rings is 1. The maximum absolute atomic E-state index is 12.7. The number of hydrogen-bond donors (Lipinski definition) is 0. The van der Waals surface area contributed by atoms with Crippen molar-refractivity contribution in [2.24, 2.45) is 0 Å². The van der Waals surface area contributed by atoms with E-state index in [4.69, 9.17) is 0 Å². The van der Waals surface area contributed by atoms with E-state index in [1.54, 1.807) is 30.3 Å². The highest BCUT2D eigenvalue weighted by Crippen LogP contribution is 2.29. The molecule has 31 heavy (non-hydrogen) atoms. The van der Waals surface area contributed by atoms with Crippen molar-refractivity contribution in [3.63, 3.8) is 0 Å². The van der Waals surface area contributed by atoms with Gasteiger partial charge in [0.1, 0.15) is 11.9 Å². The van der Waals surface area contributed by atoms with Gasteiger partial charge >= 0.3 is 5.82 Å². The molecule has 0 aliphatic carbocycles. The van der Waals surface area contributed by atoms with Crippen LogP contribution in [0.4, 0.5) is 11.5 Å². The topological polar surface area (TPSA) is 138 Å². The highest BCUT2D eigenvalue weighted by atomic mass is 32.2. The third-order valence-electron chi connectivity index (χ3n) is 4.66. The molecule has 0 aliphatic heterocycles. The Hall–Kier alpha value is -4.12. The molecule has 2 heterocycles. The van der Waals surface area contributed by atoms with E-state index >= 15 is 0 Å². The molecule has 0 radical (unpaired) electrons. The van der Waals surface area contributed by atoms with E-state index in [0.717, 1.165) is 0 Å². The summed E-state index contributed by atoms with van der Waals surface area (Å²) in [7, 11) is -3.85. The first-order chi connectivity index (χ1) is 14.8. The summed E-state index contributed by atoms with van der Waals surface area (Å²) in [4.78, 5) is 25.8. The fourth-order valence-electron chi connectivity index (χ4n) is 3.23. The third kappa shape index (κ3) is 3.85. The van der Waals surface area contributed by atoms with Crippen LogP contribution in [0.5, 0.6) is 0 Å². The van der Waals surface area contributed by atoms with Gasteiger partial charge in [0.25, 0.3) is 5.69 Å². The number of hydrogen-bond acceptors (Lipinski definition) is 7. The van der Waals surface area contributed by atoms with E-state index in [1.807, 2.05) is 0 Å². The average molecular weight is 438 g/mol. The summed E-state index contributed by atoms with van der Waals surface area (Å²) in [6, 6.07) is 16.6. The summed E-state index contributed by atoms with van der Waals surface area (Å²) in [6.45, 7) is 0. The predicted octanol–water partition coefficient (Wildman–Crippen LogP) is 3.79. The lowest BCUT2D eigenvalue weighted by molar-refractivity contribution is -0.391. The zero-order chi connectivity index (χ0) is 22.2. The molecule has 0 N–H and O–H groups in total. The number of fused-ring (bicyclic) bond motifs is 1. The van der Waals surface area contributed by atoms with E-state index < -0.39 is 31.3 Å². The second-order valence-electron chi connectivity index (χ2n) is 6.66. The smallest absolute Gasteiger partial charge is 0.352 e. The van der Waals surface area contributed by atoms with Gasteiger partial charge in [-0.1, -0.05) is 30.3 Å². The number of pyridine rings is 1. The van der Waals surface area contributed by atoms with Crippen molar-refractivity contribution < 1.29 is 18.3 Å². The first-order valence-corrected chi connectivity index (χ1v) is 10.6. The lowest BCUT2D eigenvalue weighted by Gasteiger charge is -2.03. The van der Waals surface area contributed by atoms with Crippen molar-refractivity contribution >= 4 is 27.0 Å². The maximum atomic E-state index is 12.7. The van der Waals surface area contributed by atoms with Gasteiger partial charge < -0.3 is 10.1 Å². The number of benzene rings is 2. The van der Waals surface area contributed by atoms with Gasteiger partial charge in [-0.05, 0) is 28.7 Å². The van der Waals surface area contributed by atoms with Crippen LogP contribution in [0.2, 0.25) is 0 Å². The number of non-ortho nitro benzene ring substituents is 1. The Morgan fingerprint density at radius 2 is 1.61 bits per heavy atom. The van der Waals surface area contributed by atoms with E-state index in [1.165, 1.54) is 47.0 Å². The van der Waals surface area contributed by atoms with Crippen molar-refractivity contribution in [1.82, 2.24) is 9.38 Å². The minimum Gasteiger partial charge on any atom is -0.358 e. The minimum atomic E-state index is -3.85. The highest BCUT2D eigenvalue weighted by molar-refractivity contribution is 7.90. The van der Waals surface area contributed by atoms with Crippen molar-refractivity contribution in [2.45, 2.75) is 10.6 Å². The number of nitro groups is 2. The van der Waals surface area contributed by atoms with Crippen LogP contribution in [0.15, 0.2) is 77.8 Å². The maximum Gasteiger partial charge on any atom is 0.352 e. The molecule has 0 saturated heterocycles. The normalized spacial score (nSPS) is 11.5. The summed E-state index contributed by atoms with van der Waals surface area (Å²) in [5.74, 6) is -1.11. The van der Waals surface area contributed by atoms with E-state index in [2.05, 4.69) is 4.98 Å². The van der Waals surface area contributed by atoms with Gasteiger partial charge in [0, 0.05) is 23.8 Å². The molecule has 11 heteroatoms. The summed E-state index contributed by atoms with van der Waals surface area (Å²) in [5.41, 5.74) is 0.850. The fourth-order valence-corrected chi connectivity index (χ4v) is 4.52. The Balaban J connectivity index is 1.82. The first-order valence-electron chi connectivity index (χ1n) is 8.94. The Bertz CT molecular complexity index is 1430. The van der Waals surface area contributed by atoms with E-state index in [-0.39, 0.29) is 21.9 Å². The van der Waals surface area contributed by atoms with Gasteiger partial charge in [-0.2, -0.15) is 4.40 Å². The average Bonchev–Trinajstić information content (AvgIpc) is 3.11. The van der Waals surface area contributed by atoms with Crippen LogP contribution >= 0.6 is 0 Å². The standard InChI is InChI=1S/C20H14N4O6S/c25-23(26)16-6-4-5-14(11-16)15-9-10-19-21-18(20(24(27)28)22(19)12-15)13-31(29,30)17-7-2-1-3-8-17/h1-12H,13H2. The molecule has 0 amide bonds. The van der Waals surface area contributed by atoms with Crippen LogP contribution in [0.25, 0.3) is 16.8 Å². The van der Waals surface area contributed by atoms with E-state index in [9.17, 15) is 28.6 Å². The molecule has 0 saturated carbocycles. The van der Waals surface area contributed by atoms with Crippen LogP contribution in [-0.4, -0.2) is 27.6 Å².